The van der Waals surface area contributed by atoms with E-state index in [9.17, 15) is 10.1 Å². The van der Waals surface area contributed by atoms with Gasteiger partial charge in [-0.3, -0.25) is 10.1 Å². The van der Waals surface area contributed by atoms with E-state index in [0.29, 0.717) is 9.51 Å². The fourth-order valence-corrected chi connectivity index (χ4v) is 1.16. The highest BCUT2D eigenvalue weighted by Crippen LogP contribution is 2.29. The first-order valence-corrected chi connectivity index (χ1v) is 5.08. The fourth-order valence-electron chi connectivity index (χ4n) is 0.872. The fraction of sp³-hybridized carbons (Fsp3) is 0.111. The molecule has 1 aromatic rings. The summed E-state index contributed by atoms with van der Waals surface area (Å²) in [6, 6.07) is 4.02. The van der Waals surface area contributed by atoms with Crippen molar-refractivity contribution in [3.8, 4) is 5.75 Å². The van der Waals surface area contributed by atoms with E-state index in [4.69, 9.17) is 16.3 Å². The third-order valence-electron chi connectivity index (χ3n) is 1.51. The number of nitro groups is 1. The van der Waals surface area contributed by atoms with Crippen molar-refractivity contribution in [1.82, 2.24) is 0 Å². The summed E-state index contributed by atoms with van der Waals surface area (Å²) in [5, 5.41) is 10.8. The van der Waals surface area contributed by atoms with E-state index in [1.807, 2.05) is 0 Å². The van der Waals surface area contributed by atoms with Crippen molar-refractivity contribution in [2.75, 3.05) is 6.61 Å². The van der Waals surface area contributed by atoms with Crippen molar-refractivity contribution in [2.24, 2.45) is 0 Å². The molecule has 0 atom stereocenters. The van der Waals surface area contributed by atoms with Gasteiger partial charge in [0.25, 0.3) is 5.69 Å². The van der Waals surface area contributed by atoms with Crippen LogP contribution in [-0.4, -0.2) is 11.5 Å². The molecule has 0 saturated carbocycles. The molecule has 15 heavy (non-hydrogen) atoms. The van der Waals surface area contributed by atoms with Gasteiger partial charge in [0.15, 0.2) is 0 Å². The van der Waals surface area contributed by atoms with Gasteiger partial charge in [0.1, 0.15) is 12.4 Å². The molecule has 1 aromatic carbocycles. The highest BCUT2D eigenvalue weighted by atomic mass is 79.9. The van der Waals surface area contributed by atoms with Crippen molar-refractivity contribution in [3.05, 3.63) is 44.4 Å². The first kappa shape index (κ1) is 12.0. The summed E-state index contributed by atoms with van der Waals surface area (Å²) in [6.07, 6.45) is 0. The van der Waals surface area contributed by atoms with Gasteiger partial charge < -0.3 is 4.74 Å². The Hall–Kier alpha value is -1.07. The van der Waals surface area contributed by atoms with Crippen LogP contribution in [0.4, 0.5) is 5.69 Å². The normalized spacial score (nSPS) is 9.73. The van der Waals surface area contributed by atoms with Gasteiger partial charge in [-0.05, 0) is 6.07 Å². The molecule has 0 saturated heterocycles. The summed E-state index contributed by atoms with van der Waals surface area (Å²) in [4.78, 5) is 9.97. The molecule has 0 amide bonds. The molecule has 0 radical (unpaired) electrons. The number of nitro benzene ring substituents is 1. The van der Waals surface area contributed by atoms with Crippen molar-refractivity contribution in [1.29, 1.82) is 0 Å². The monoisotopic (exact) mass is 291 g/mol. The molecule has 0 aliphatic rings. The molecular formula is C9H7BrClNO3. The van der Waals surface area contributed by atoms with Crippen LogP contribution in [0.15, 0.2) is 29.3 Å². The maximum Gasteiger partial charge on any atom is 0.273 e. The lowest BCUT2D eigenvalue weighted by Gasteiger charge is -2.06. The summed E-state index contributed by atoms with van der Waals surface area (Å²) in [6.45, 7) is 3.78. The summed E-state index contributed by atoms with van der Waals surface area (Å²) in [7, 11) is 0. The average molecular weight is 293 g/mol. The number of nitrogens with zero attached hydrogens (tertiary/aromatic N) is 1. The van der Waals surface area contributed by atoms with Crippen LogP contribution < -0.4 is 4.74 Å². The smallest absolute Gasteiger partial charge is 0.273 e. The Kier molecular flexibility index (Phi) is 4.11. The average Bonchev–Trinajstić information content (AvgIpc) is 2.16. The third-order valence-corrected chi connectivity index (χ3v) is 2.05. The lowest BCUT2D eigenvalue weighted by Crippen LogP contribution is -1.97. The minimum atomic E-state index is -0.508. The number of benzene rings is 1. The second-order valence-electron chi connectivity index (χ2n) is 2.68. The van der Waals surface area contributed by atoms with Gasteiger partial charge in [0.05, 0.1) is 16.0 Å². The van der Waals surface area contributed by atoms with E-state index >= 15 is 0 Å². The zero-order valence-electron chi connectivity index (χ0n) is 7.57. The predicted octanol–water partition coefficient (Wildman–Crippen LogP) is 3.54. The van der Waals surface area contributed by atoms with Crippen molar-refractivity contribution >= 4 is 33.2 Å². The first-order valence-electron chi connectivity index (χ1n) is 3.90. The molecule has 0 spiro atoms. The number of non-ortho nitro benzene ring substituents is 1. The minimum absolute atomic E-state index is 0.0606. The molecule has 0 N–H and O–H groups in total. The number of rotatable bonds is 4. The van der Waals surface area contributed by atoms with Gasteiger partial charge in [0, 0.05) is 10.5 Å². The molecule has 6 heteroatoms. The molecule has 0 fully saturated rings. The lowest BCUT2D eigenvalue weighted by molar-refractivity contribution is -0.384. The Morgan fingerprint density at radius 3 is 2.87 bits per heavy atom. The Morgan fingerprint density at radius 2 is 2.33 bits per heavy atom. The number of hydrogen-bond acceptors (Lipinski definition) is 3. The van der Waals surface area contributed by atoms with Crippen LogP contribution in [0.1, 0.15) is 0 Å². The molecule has 4 nitrogen and oxygen atoms in total. The van der Waals surface area contributed by atoms with Crippen LogP contribution >= 0.6 is 27.5 Å². The first-order chi connectivity index (χ1) is 7.00. The standard InChI is InChI=1S/C9H7BrClNO3/c1-6(10)5-15-9-4-7(12(13)14)2-3-8(9)11/h2-4H,1,5H2. The summed E-state index contributed by atoms with van der Waals surface area (Å²) >= 11 is 8.90. The van der Waals surface area contributed by atoms with Crippen LogP contribution in [0.25, 0.3) is 0 Å². The topological polar surface area (TPSA) is 52.4 Å². The third kappa shape index (κ3) is 3.53. The molecule has 80 valence electrons. The summed E-state index contributed by atoms with van der Waals surface area (Å²) in [5.41, 5.74) is -0.0606. The quantitative estimate of drug-likeness (QED) is 0.630. The van der Waals surface area contributed by atoms with Crippen LogP contribution in [0.3, 0.4) is 0 Å². The number of hydrogen-bond donors (Lipinski definition) is 0. The van der Waals surface area contributed by atoms with E-state index in [-0.39, 0.29) is 18.0 Å². The Bertz CT molecular complexity index is 408. The van der Waals surface area contributed by atoms with E-state index in [0.717, 1.165) is 0 Å². The van der Waals surface area contributed by atoms with Crippen molar-refractivity contribution < 1.29 is 9.66 Å². The SMILES string of the molecule is C=C(Br)COc1cc([N+](=O)[O-])ccc1Cl. The zero-order valence-corrected chi connectivity index (χ0v) is 9.92. The highest BCUT2D eigenvalue weighted by molar-refractivity contribution is 9.11. The van der Waals surface area contributed by atoms with Crippen LogP contribution in [0.5, 0.6) is 5.75 Å². The van der Waals surface area contributed by atoms with E-state index in [1.54, 1.807) is 0 Å². The van der Waals surface area contributed by atoms with Gasteiger partial charge in [-0.2, -0.15) is 0 Å². The number of halogens is 2. The van der Waals surface area contributed by atoms with Gasteiger partial charge in [-0.1, -0.05) is 34.1 Å². The van der Waals surface area contributed by atoms with Crippen LogP contribution in [0, 0.1) is 10.1 Å². The second kappa shape index (κ2) is 5.14. The second-order valence-corrected chi connectivity index (χ2v) is 4.21. The van der Waals surface area contributed by atoms with Gasteiger partial charge >= 0.3 is 0 Å². The highest BCUT2D eigenvalue weighted by Gasteiger charge is 2.10. The molecule has 0 aliphatic heterocycles. The van der Waals surface area contributed by atoms with Gasteiger partial charge in [-0.25, -0.2) is 0 Å². The maximum absolute atomic E-state index is 10.5. The summed E-state index contributed by atoms with van der Waals surface area (Å²) < 4.78 is 5.84. The molecule has 0 aliphatic carbocycles. The zero-order chi connectivity index (χ0) is 11.4. The van der Waals surface area contributed by atoms with Crippen LogP contribution in [-0.2, 0) is 0 Å². The molecule has 0 bridgehead atoms. The Morgan fingerprint density at radius 1 is 1.67 bits per heavy atom. The molecular weight excluding hydrogens is 285 g/mol. The van der Waals surface area contributed by atoms with E-state index < -0.39 is 4.92 Å². The molecule has 1 rings (SSSR count). The van der Waals surface area contributed by atoms with E-state index in [2.05, 4.69) is 22.5 Å². The van der Waals surface area contributed by atoms with Crippen molar-refractivity contribution in [3.63, 3.8) is 0 Å². The minimum Gasteiger partial charge on any atom is -0.487 e. The lowest BCUT2D eigenvalue weighted by atomic mass is 10.3. The Balaban J connectivity index is 2.90. The van der Waals surface area contributed by atoms with Crippen molar-refractivity contribution in [2.45, 2.75) is 0 Å². The van der Waals surface area contributed by atoms with Gasteiger partial charge in [-0.15, -0.1) is 0 Å². The molecule has 0 heterocycles. The summed E-state index contributed by atoms with van der Waals surface area (Å²) in [5.74, 6) is 0.270. The number of ether oxygens (including phenoxy) is 1. The maximum atomic E-state index is 10.5. The predicted molar refractivity (Wildman–Crippen MR) is 61.7 cm³/mol. The van der Waals surface area contributed by atoms with Crippen LogP contribution in [0.2, 0.25) is 5.02 Å². The molecule has 0 unspecified atom stereocenters. The molecule has 0 aromatic heterocycles. The largest absolute Gasteiger partial charge is 0.487 e. The Labute approximate surface area is 99.8 Å². The van der Waals surface area contributed by atoms with Gasteiger partial charge in [0.2, 0.25) is 0 Å². The van der Waals surface area contributed by atoms with E-state index in [1.165, 1.54) is 18.2 Å².